The van der Waals surface area contributed by atoms with E-state index in [0.29, 0.717) is 6.42 Å². The molecule has 4 atom stereocenters. The molecule has 9 heteroatoms. The summed E-state index contributed by atoms with van der Waals surface area (Å²) in [5.74, 6) is -0.818. The Morgan fingerprint density at radius 1 is 1.15 bits per heavy atom. The molecule has 0 aliphatic carbocycles. The molecule has 0 radical (unpaired) electrons. The van der Waals surface area contributed by atoms with E-state index in [1.54, 1.807) is 41.8 Å². The number of nitrogens with zero attached hydrogens (tertiary/aromatic N) is 1. The van der Waals surface area contributed by atoms with E-state index in [-0.39, 0.29) is 38.1 Å². The van der Waals surface area contributed by atoms with Crippen LogP contribution in [0.4, 0.5) is 4.79 Å². The zero-order valence-electron chi connectivity index (χ0n) is 21.0. The zero-order chi connectivity index (χ0) is 25.3. The minimum Gasteiger partial charge on any atom is -0.458 e. The van der Waals surface area contributed by atoms with E-state index >= 15 is 0 Å². The zero-order valence-corrected chi connectivity index (χ0v) is 21.0. The number of nitrogens with one attached hydrogen (secondary N) is 1. The fraction of sp³-hybridized carbons (Fsp3) is 0.640. The number of benzene rings is 1. The number of amides is 2. The minimum absolute atomic E-state index is 0.0507. The molecule has 1 aliphatic heterocycles. The van der Waals surface area contributed by atoms with E-state index in [2.05, 4.69) is 5.32 Å². The van der Waals surface area contributed by atoms with Crippen molar-refractivity contribution >= 4 is 18.0 Å². The standard InChI is InChI=1S/C25H38N2O7/c1-17-22(32-13-12-21(28)27(5)6)19(14-18-10-8-7-9-11-18)15-31-16-20(23(29)33-17)26-24(30)34-25(2,3)4/h7-11,17,19-20,22H,12-16H2,1-6H3,(H,26,30). The number of esters is 1. The molecule has 1 aromatic rings. The Morgan fingerprint density at radius 2 is 1.82 bits per heavy atom. The monoisotopic (exact) mass is 478 g/mol. The van der Waals surface area contributed by atoms with Gasteiger partial charge in [0.25, 0.3) is 0 Å². The van der Waals surface area contributed by atoms with Crippen molar-refractivity contribution in [2.45, 2.75) is 64.4 Å². The van der Waals surface area contributed by atoms with Gasteiger partial charge < -0.3 is 29.2 Å². The molecule has 0 spiro atoms. The van der Waals surface area contributed by atoms with Crippen LogP contribution in [0.1, 0.15) is 39.7 Å². The lowest BCUT2D eigenvalue weighted by atomic mass is 9.91. The molecule has 2 amide bonds. The van der Waals surface area contributed by atoms with Crippen LogP contribution in [0.2, 0.25) is 0 Å². The van der Waals surface area contributed by atoms with E-state index < -0.39 is 35.9 Å². The van der Waals surface area contributed by atoms with Crippen molar-refractivity contribution in [2.75, 3.05) is 33.9 Å². The van der Waals surface area contributed by atoms with Crippen molar-refractivity contribution in [2.24, 2.45) is 5.92 Å². The highest BCUT2D eigenvalue weighted by molar-refractivity contribution is 5.81. The van der Waals surface area contributed by atoms with Crippen molar-refractivity contribution in [3.8, 4) is 0 Å². The molecule has 190 valence electrons. The van der Waals surface area contributed by atoms with E-state index in [0.717, 1.165) is 5.56 Å². The van der Waals surface area contributed by atoms with E-state index in [9.17, 15) is 14.4 Å². The van der Waals surface area contributed by atoms with Gasteiger partial charge in [0.1, 0.15) is 11.7 Å². The number of hydrogen-bond donors (Lipinski definition) is 1. The molecule has 0 bridgehead atoms. The summed E-state index contributed by atoms with van der Waals surface area (Å²) in [5, 5.41) is 2.54. The summed E-state index contributed by atoms with van der Waals surface area (Å²) in [6, 6.07) is 8.89. The summed E-state index contributed by atoms with van der Waals surface area (Å²) in [5.41, 5.74) is 0.389. The maximum atomic E-state index is 12.8. The topological polar surface area (TPSA) is 103 Å². The summed E-state index contributed by atoms with van der Waals surface area (Å²) in [6.07, 6.45) is -0.995. The molecule has 1 N–H and O–H groups in total. The molecule has 1 heterocycles. The Morgan fingerprint density at radius 3 is 2.44 bits per heavy atom. The molecule has 1 aromatic carbocycles. The molecule has 1 aliphatic rings. The van der Waals surface area contributed by atoms with Gasteiger partial charge in [-0.2, -0.15) is 0 Å². The second kappa shape index (κ2) is 12.7. The number of cyclic esters (lactones) is 1. The average Bonchev–Trinajstić information content (AvgIpc) is 2.78. The minimum atomic E-state index is -1.01. The SMILES string of the molecule is CC1OC(=O)C(NC(=O)OC(C)(C)C)COCC(Cc2ccccc2)C1OCCC(=O)N(C)C. The molecule has 1 saturated heterocycles. The number of carbonyl (C=O) groups excluding carboxylic acids is 3. The van der Waals surface area contributed by atoms with Crippen LogP contribution in [0.3, 0.4) is 0 Å². The highest BCUT2D eigenvalue weighted by Gasteiger charge is 2.36. The normalized spacial score (nSPS) is 23.6. The van der Waals surface area contributed by atoms with Crippen LogP contribution in [0.15, 0.2) is 30.3 Å². The maximum absolute atomic E-state index is 12.8. The molecule has 0 aromatic heterocycles. The molecule has 34 heavy (non-hydrogen) atoms. The van der Waals surface area contributed by atoms with Crippen molar-refractivity contribution in [3.05, 3.63) is 35.9 Å². The van der Waals surface area contributed by atoms with Crippen molar-refractivity contribution in [1.29, 1.82) is 0 Å². The third-order valence-electron chi connectivity index (χ3n) is 5.29. The highest BCUT2D eigenvalue weighted by Crippen LogP contribution is 2.23. The van der Waals surface area contributed by atoms with Crippen LogP contribution >= 0.6 is 0 Å². The van der Waals surface area contributed by atoms with E-state index in [1.165, 1.54) is 4.90 Å². The lowest BCUT2D eigenvalue weighted by Gasteiger charge is -2.31. The van der Waals surface area contributed by atoms with Gasteiger partial charge in [0.15, 0.2) is 6.04 Å². The number of rotatable bonds is 7. The lowest BCUT2D eigenvalue weighted by Crippen LogP contribution is -2.47. The summed E-state index contributed by atoms with van der Waals surface area (Å²) in [7, 11) is 3.38. The van der Waals surface area contributed by atoms with Gasteiger partial charge in [0.2, 0.25) is 5.91 Å². The highest BCUT2D eigenvalue weighted by atomic mass is 16.6. The summed E-state index contributed by atoms with van der Waals surface area (Å²) < 4.78 is 22.9. The first-order chi connectivity index (χ1) is 16.0. The van der Waals surface area contributed by atoms with Crippen LogP contribution in [0.25, 0.3) is 0 Å². The number of hydrogen-bond acceptors (Lipinski definition) is 7. The quantitative estimate of drug-likeness (QED) is 0.601. The maximum Gasteiger partial charge on any atom is 0.408 e. The second-order valence-electron chi connectivity index (χ2n) is 9.70. The van der Waals surface area contributed by atoms with Gasteiger partial charge in [-0.25, -0.2) is 9.59 Å². The largest absolute Gasteiger partial charge is 0.458 e. The van der Waals surface area contributed by atoms with Gasteiger partial charge >= 0.3 is 12.1 Å². The van der Waals surface area contributed by atoms with Gasteiger partial charge in [0.05, 0.1) is 32.3 Å². The van der Waals surface area contributed by atoms with Crippen molar-refractivity contribution in [3.63, 3.8) is 0 Å². The van der Waals surface area contributed by atoms with Gasteiger partial charge in [-0.15, -0.1) is 0 Å². The third-order valence-corrected chi connectivity index (χ3v) is 5.29. The van der Waals surface area contributed by atoms with Gasteiger partial charge in [-0.05, 0) is 39.7 Å². The van der Waals surface area contributed by atoms with E-state index in [4.69, 9.17) is 18.9 Å². The third kappa shape index (κ3) is 9.30. The fourth-order valence-electron chi connectivity index (χ4n) is 3.64. The Bertz CT molecular complexity index is 807. The average molecular weight is 479 g/mol. The van der Waals surface area contributed by atoms with E-state index in [1.807, 2.05) is 30.3 Å². The molecule has 1 fully saturated rings. The van der Waals surface area contributed by atoms with Gasteiger partial charge in [-0.1, -0.05) is 30.3 Å². The summed E-state index contributed by atoms with van der Waals surface area (Å²) >= 11 is 0. The van der Waals surface area contributed by atoms with Crippen LogP contribution < -0.4 is 5.32 Å². The summed E-state index contributed by atoms with van der Waals surface area (Å²) in [4.78, 5) is 38.5. The van der Waals surface area contributed by atoms with Crippen LogP contribution in [-0.4, -0.2) is 80.6 Å². The van der Waals surface area contributed by atoms with Gasteiger partial charge in [0, 0.05) is 20.0 Å². The Hall–Kier alpha value is -2.65. The lowest BCUT2D eigenvalue weighted by molar-refractivity contribution is -0.161. The predicted molar refractivity (Wildman–Crippen MR) is 126 cm³/mol. The molecule has 2 rings (SSSR count). The fourth-order valence-corrected chi connectivity index (χ4v) is 3.64. The second-order valence-corrected chi connectivity index (χ2v) is 9.70. The molecule has 9 nitrogen and oxygen atoms in total. The van der Waals surface area contributed by atoms with Crippen LogP contribution in [0, 0.1) is 5.92 Å². The molecular formula is C25H38N2O7. The van der Waals surface area contributed by atoms with Crippen molar-refractivity contribution in [1.82, 2.24) is 10.2 Å². The Kier molecular flexibility index (Phi) is 10.3. The molecular weight excluding hydrogens is 440 g/mol. The van der Waals surface area contributed by atoms with Crippen LogP contribution in [-0.2, 0) is 35.0 Å². The number of carbonyl (C=O) groups is 3. The van der Waals surface area contributed by atoms with Crippen LogP contribution in [0.5, 0.6) is 0 Å². The first-order valence-corrected chi connectivity index (χ1v) is 11.6. The predicted octanol–water partition coefficient (Wildman–Crippen LogP) is 2.56. The van der Waals surface area contributed by atoms with Gasteiger partial charge in [-0.3, -0.25) is 4.79 Å². The smallest absolute Gasteiger partial charge is 0.408 e. The Balaban J connectivity index is 2.15. The van der Waals surface area contributed by atoms with Crippen molar-refractivity contribution < 1.29 is 33.3 Å². The number of alkyl carbamates (subject to hydrolysis) is 1. The first kappa shape index (κ1) is 27.6. The first-order valence-electron chi connectivity index (χ1n) is 11.6. The Labute approximate surface area is 202 Å². The number of ether oxygens (including phenoxy) is 4. The molecule has 4 unspecified atom stereocenters. The summed E-state index contributed by atoms with van der Waals surface area (Å²) in [6.45, 7) is 7.40. The molecule has 0 saturated carbocycles.